The van der Waals surface area contributed by atoms with Gasteiger partial charge in [-0.05, 0) is 53.2 Å². The highest BCUT2D eigenvalue weighted by Crippen LogP contribution is 2.25. The van der Waals surface area contributed by atoms with Crippen LogP contribution in [0.2, 0.25) is 0 Å². The van der Waals surface area contributed by atoms with Crippen LogP contribution in [0, 0.1) is 12.8 Å². The first-order chi connectivity index (χ1) is 8.59. The number of carbonyl (C=O) groups is 1. The lowest BCUT2D eigenvalue weighted by atomic mass is 9.86. The van der Waals surface area contributed by atoms with Gasteiger partial charge in [-0.2, -0.15) is 0 Å². The van der Waals surface area contributed by atoms with E-state index in [0.29, 0.717) is 12.0 Å². The van der Waals surface area contributed by atoms with Gasteiger partial charge in [-0.3, -0.25) is 4.79 Å². The van der Waals surface area contributed by atoms with Crippen molar-refractivity contribution in [2.24, 2.45) is 5.92 Å². The lowest BCUT2D eigenvalue weighted by Crippen LogP contribution is -2.41. The number of nitrogens with one attached hydrogen (secondary N) is 1. The molecule has 0 radical (unpaired) electrons. The Morgan fingerprint density at radius 3 is 2.78 bits per heavy atom. The van der Waals surface area contributed by atoms with E-state index in [-0.39, 0.29) is 5.91 Å². The van der Waals surface area contributed by atoms with Crippen LogP contribution in [-0.4, -0.2) is 11.9 Å². The van der Waals surface area contributed by atoms with Crippen LogP contribution in [0.25, 0.3) is 0 Å². The van der Waals surface area contributed by atoms with Crippen molar-refractivity contribution in [1.29, 1.82) is 0 Å². The van der Waals surface area contributed by atoms with Crippen molar-refractivity contribution in [1.82, 2.24) is 5.32 Å². The highest BCUT2D eigenvalue weighted by atomic mass is 79.9. The molecular formula is C15H20BrNO. The molecule has 2 nitrogen and oxygen atoms in total. The molecule has 18 heavy (non-hydrogen) atoms. The SMILES string of the molecule is Cc1cccc(C(=O)NC2CCCCC2C)c1Br. The van der Waals surface area contributed by atoms with Crippen molar-refractivity contribution in [3.8, 4) is 0 Å². The fourth-order valence-corrected chi connectivity index (χ4v) is 3.04. The van der Waals surface area contributed by atoms with Crippen molar-refractivity contribution in [3.63, 3.8) is 0 Å². The molecule has 1 saturated carbocycles. The topological polar surface area (TPSA) is 29.1 Å². The Kier molecular flexibility index (Phi) is 4.44. The second-order valence-corrected chi connectivity index (χ2v) is 6.07. The first-order valence-corrected chi connectivity index (χ1v) is 7.45. The zero-order valence-corrected chi connectivity index (χ0v) is 12.6. The number of aryl methyl sites for hydroxylation is 1. The largest absolute Gasteiger partial charge is 0.349 e. The van der Waals surface area contributed by atoms with Crippen LogP contribution in [0.1, 0.15) is 48.5 Å². The molecule has 3 heteroatoms. The van der Waals surface area contributed by atoms with Gasteiger partial charge in [-0.25, -0.2) is 0 Å². The average molecular weight is 310 g/mol. The van der Waals surface area contributed by atoms with Gasteiger partial charge in [0.2, 0.25) is 0 Å². The van der Waals surface area contributed by atoms with E-state index in [4.69, 9.17) is 0 Å². The van der Waals surface area contributed by atoms with Crippen LogP contribution in [0.5, 0.6) is 0 Å². The van der Waals surface area contributed by atoms with E-state index in [0.717, 1.165) is 22.0 Å². The number of halogens is 1. The molecule has 0 aliphatic heterocycles. The van der Waals surface area contributed by atoms with Gasteiger partial charge in [0, 0.05) is 10.5 Å². The third-order valence-electron chi connectivity index (χ3n) is 3.86. The number of benzene rings is 1. The van der Waals surface area contributed by atoms with E-state index in [1.165, 1.54) is 19.3 Å². The van der Waals surface area contributed by atoms with Gasteiger partial charge in [0.25, 0.3) is 5.91 Å². The molecule has 1 aliphatic rings. The normalized spacial score (nSPS) is 23.7. The number of hydrogen-bond donors (Lipinski definition) is 1. The van der Waals surface area contributed by atoms with Crippen molar-refractivity contribution < 1.29 is 4.79 Å². The van der Waals surface area contributed by atoms with Crippen LogP contribution in [0.3, 0.4) is 0 Å². The number of amides is 1. The molecule has 2 unspecified atom stereocenters. The molecule has 1 amide bonds. The lowest BCUT2D eigenvalue weighted by Gasteiger charge is -2.29. The van der Waals surface area contributed by atoms with E-state index in [2.05, 4.69) is 28.2 Å². The summed E-state index contributed by atoms with van der Waals surface area (Å²) in [5.74, 6) is 0.635. The predicted molar refractivity (Wildman–Crippen MR) is 77.8 cm³/mol. The molecule has 1 N–H and O–H groups in total. The molecule has 1 aromatic carbocycles. The zero-order valence-electron chi connectivity index (χ0n) is 11.0. The van der Waals surface area contributed by atoms with Crippen LogP contribution >= 0.6 is 15.9 Å². The highest BCUT2D eigenvalue weighted by Gasteiger charge is 2.23. The summed E-state index contributed by atoms with van der Waals surface area (Å²) in [6.07, 6.45) is 4.85. The molecule has 2 rings (SSSR count). The summed E-state index contributed by atoms with van der Waals surface area (Å²) in [7, 11) is 0. The molecule has 1 fully saturated rings. The van der Waals surface area contributed by atoms with Gasteiger partial charge in [0.05, 0.1) is 5.56 Å². The Balaban J connectivity index is 2.09. The second-order valence-electron chi connectivity index (χ2n) is 5.28. The zero-order chi connectivity index (χ0) is 13.1. The molecule has 0 spiro atoms. The number of rotatable bonds is 2. The summed E-state index contributed by atoms with van der Waals surface area (Å²) in [6, 6.07) is 6.14. The fraction of sp³-hybridized carbons (Fsp3) is 0.533. The minimum absolute atomic E-state index is 0.0457. The maximum atomic E-state index is 12.3. The molecule has 1 aromatic rings. The molecule has 98 valence electrons. The molecular weight excluding hydrogens is 290 g/mol. The molecule has 1 aliphatic carbocycles. The number of carbonyl (C=O) groups excluding carboxylic acids is 1. The molecule has 2 atom stereocenters. The Hall–Kier alpha value is -0.830. The molecule has 0 bridgehead atoms. The summed E-state index contributed by atoms with van der Waals surface area (Å²) in [5.41, 5.74) is 1.84. The summed E-state index contributed by atoms with van der Waals surface area (Å²) in [4.78, 5) is 12.3. The monoisotopic (exact) mass is 309 g/mol. The Bertz CT molecular complexity index is 444. The minimum atomic E-state index is 0.0457. The molecule has 0 saturated heterocycles. The standard InChI is InChI=1S/C15H20BrNO/c1-10-6-3-4-9-13(10)17-15(18)12-8-5-7-11(2)14(12)16/h5,7-8,10,13H,3-4,6,9H2,1-2H3,(H,17,18). The van der Waals surface area contributed by atoms with Gasteiger partial charge >= 0.3 is 0 Å². The minimum Gasteiger partial charge on any atom is -0.349 e. The summed E-state index contributed by atoms with van der Waals surface area (Å²) in [5, 5.41) is 3.18. The van der Waals surface area contributed by atoms with Crippen molar-refractivity contribution in [2.75, 3.05) is 0 Å². The van der Waals surface area contributed by atoms with E-state index in [1.807, 2.05) is 25.1 Å². The van der Waals surface area contributed by atoms with E-state index >= 15 is 0 Å². The fourth-order valence-electron chi connectivity index (χ4n) is 2.60. The predicted octanol–water partition coefficient (Wildman–Crippen LogP) is 4.07. The summed E-state index contributed by atoms with van der Waals surface area (Å²) >= 11 is 3.50. The average Bonchev–Trinajstić information content (AvgIpc) is 2.35. The van der Waals surface area contributed by atoms with Gasteiger partial charge < -0.3 is 5.32 Å². The maximum Gasteiger partial charge on any atom is 0.252 e. The van der Waals surface area contributed by atoms with Crippen LogP contribution in [0.15, 0.2) is 22.7 Å². The maximum absolute atomic E-state index is 12.3. The van der Waals surface area contributed by atoms with E-state index in [1.54, 1.807) is 0 Å². The summed E-state index contributed by atoms with van der Waals surface area (Å²) < 4.78 is 0.908. The second kappa shape index (κ2) is 5.87. The van der Waals surface area contributed by atoms with E-state index < -0.39 is 0 Å². The third kappa shape index (κ3) is 2.94. The Morgan fingerprint density at radius 2 is 2.06 bits per heavy atom. The van der Waals surface area contributed by atoms with Gasteiger partial charge in [-0.1, -0.05) is 31.9 Å². The molecule has 0 aromatic heterocycles. The third-order valence-corrected chi connectivity index (χ3v) is 4.92. The Labute approximate surface area is 117 Å². The Morgan fingerprint density at radius 1 is 1.33 bits per heavy atom. The van der Waals surface area contributed by atoms with Crippen LogP contribution in [-0.2, 0) is 0 Å². The smallest absolute Gasteiger partial charge is 0.252 e. The van der Waals surface area contributed by atoms with Crippen molar-refractivity contribution >= 4 is 21.8 Å². The van der Waals surface area contributed by atoms with Gasteiger partial charge in [0.15, 0.2) is 0 Å². The first-order valence-electron chi connectivity index (χ1n) is 6.65. The first kappa shape index (κ1) is 13.6. The molecule has 0 heterocycles. The summed E-state index contributed by atoms with van der Waals surface area (Å²) in [6.45, 7) is 4.24. The van der Waals surface area contributed by atoms with Crippen molar-refractivity contribution in [2.45, 2.75) is 45.6 Å². The lowest BCUT2D eigenvalue weighted by molar-refractivity contribution is 0.0909. The van der Waals surface area contributed by atoms with Crippen LogP contribution in [0.4, 0.5) is 0 Å². The quantitative estimate of drug-likeness (QED) is 0.876. The van der Waals surface area contributed by atoms with E-state index in [9.17, 15) is 4.79 Å². The van der Waals surface area contributed by atoms with Crippen LogP contribution < -0.4 is 5.32 Å². The highest BCUT2D eigenvalue weighted by molar-refractivity contribution is 9.10. The van der Waals surface area contributed by atoms with Gasteiger partial charge in [0.1, 0.15) is 0 Å². The number of hydrogen-bond acceptors (Lipinski definition) is 1. The van der Waals surface area contributed by atoms with Gasteiger partial charge in [-0.15, -0.1) is 0 Å². The van der Waals surface area contributed by atoms with Crippen molar-refractivity contribution in [3.05, 3.63) is 33.8 Å².